The topological polar surface area (TPSA) is 49.4 Å². The summed E-state index contributed by atoms with van der Waals surface area (Å²) in [6.07, 6.45) is 0. The average Bonchev–Trinajstić information content (AvgIpc) is 3.08. The van der Waals surface area contributed by atoms with E-state index in [9.17, 15) is 9.59 Å². The predicted molar refractivity (Wildman–Crippen MR) is 180 cm³/mol. The van der Waals surface area contributed by atoms with Crippen molar-refractivity contribution in [1.82, 2.24) is 0 Å². The van der Waals surface area contributed by atoms with Crippen molar-refractivity contribution in [1.29, 1.82) is 0 Å². The first kappa shape index (κ1) is 27.1. The number of hydrogen-bond acceptors (Lipinski definition) is 3. The van der Waals surface area contributed by atoms with Crippen molar-refractivity contribution in [2.24, 2.45) is 0 Å². The first-order valence-corrected chi connectivity index (χ1v) is 14.7. The Bertz CT molecular complexity index is 2010. The fraction of sp³-hybridized carbons (Fsp3) is 0.0500. The normalized spacial score (nSPS) is 13.2. The van der Waals surface area contributed by atoms with Crippen LogP contribution in [0.3, 0.4) is 0 Å². The van der Waals surface area contributed by atoms with E-state index in [-0.39, 0.29) is 11.8 Å². The number of hydrogen-bond donors (Lipinski definition) is 1. The van der Waals surface area contributed by atoms with Gasteiger partial charge in [-0.15, -0.1) is 0 Å². The summed E-state index contributed by atoms with van der Waals surface area (Å²) >= 11 is 0. The molecule has 1 aliphatic rings. The molecule has 0 saturated heterocycles. The Morgan fingerprint density at radius 2 is 1.14 bits per heavy atom. The number of allylic oxidation sites excluding steroid dienone is 1. The molecule has 6 aromatic rings. The van der Waals surface area contributed by atoms with Crippen LogP contribution >= 0.6 is 0 Å². The fourth-order valence-electron chi connectivity index (χ4n) is 6.09. The van der Waals surface area contributed by atoms with E-state index in [2.05, 4.69) is 48.6 Å². The smallest absolute Gasteiger partial charge is 0.265 e. The summed E-state index contributed by atoms with van der Waals surface area (Å²) in [5.41, 5.74) is 9.13. The number of carbonyl (C=O) groups is 2. The van der Waals surface area contributed by atoms with Crippen molar-refractivity contribution >= 4 is 45.1 Å². The van der Waals surface area contributed by atoms with Gasteiger partial charge in [-0.2, -0.15) is 0 Å². The largest absolute Gasteiger partial charge is 0.380 e. The van der Waals surface area contributed by atoms with Crippen LogP contribution in [-0.4, -0.2) is 11.8 Å². The maximum atomic E-state index is 13.9. The Morgan fingerprint density at radius 3 is 1.80 bits per heavy atom. The van der Waals surface area contributed by atoms with Crippen LogP contribution in [0.1, 0.15) is 49.9 Å². The zero-order chi connectivity index (χ0) is 30.0. The monoisotopic (exact) mass is 570 g/mol. The first-order chi connectivity index (χ1) is 21.6. The van der Waals surface area contributed by atoms with Crippen molar-refractivity contribution in [2.45, 2.75) is 13.5 Å². The van der Waals surface area contributed by atoms with Crippen LogP contribution in [0.2, 0.25) is 0 Å². The van der Waals surface area contributed by atoms with Gasteiger partial charge >= 0.3 is 0 Å². The second kappa shape index (κ2) is 11.5. The molecule has 0 spiro atoms. The molecule has 0 aromatic heterocycles. The molecule has 4 nitrogen and oxygen atoms in total. The van der Waals surface area contributed by atoms with Gasteiger partial charge in [0.2, 0.25) is 0 Å². The standard InChI is InChI=1S/C40H30N2O2/c1-27(29-14-7-3-8-15-29)37(30-16-9-4-10-17-30)31-20-22-32(23-21-31)42-39(43)34-19-11-18-33-36(25-24-35(38(33)34)40(42)44)41-26-28-12-5-2-6-13-28/h2-25,41H,26H2,1H3/b37-27+. The van der Waals surface area contributed by atoms with Crippen LogP contribution in [0.15, 0.2) is 146 Å². The van der Waals surface area contributed by atoms with Crippen LogP contribution in [0.4, 0.5) is 11.4 Å². The van der Waals surface area contributed by atoms with Crippen molar-refractivity contribution in [3.8, 4) is 0 Å². The summed E-state index contributed by atoms with van der Waals surface area (Å²) in [6, 6.07) is 47.9. The minimum atomic E-state index is -0.319. The third-order valence-corrected chi connectivity index (χ3v) is 8.29. The second-order valence-corrected chi connectivity index (χ2v) is 11.0. The highest BCUT2D eigenvalue weighted by molar-refractivity contribution is 6.36. The molecule has 1 heterocycles. The van der Waals surface area contributed by atoms with Crippen molar-refractivity contribution in [3.05, 3.63) is 179 Å². The number of amides is 2. The Balaban J connectivity index is 1.24. The number of nitrogens with zero attached hydrogens (tertiary/aromatic N) is 1. The second-order valence-electron chi connectivity index (χ2n) is 11.0. The maximum absolute atomic E-state index is 13.9. The third kappa shape index (κ3) is 4.87. The lowest BCUT2D eigenvalue weighted by Gasteiger charge is -2.28. The fourth-order valence-corrected chi connectivity index (χ4v) is 6.09. The minimum absolute atomic E-state index is 0.319. The van der Waals surface area contributed by atoms with E-state index >= 15 is 0 Å². The SMILES string of the molecule is C/C(=C(/c1ccccc1)c1ccc(N2C(=O)c3cccc4c(NCc5ccccc5)ccc(c34)C2=O)cc1)c1ccccc1. The van der Waals surface area contributed by atoms with Gasteiger partial charge in [-0.3, -0.25) is 9.59 Å². The summed E-state index contributed by atoms with van der Waals surface area (Å²) in [7, 11) is 0. The lowest BCUT2D eigenvalue weighted by molar-refractivity contribution is 0.0893. The summed E-state index contributed by atoms with van der Waals surface area (Å²) in [6.45, 7) is 2.77. The molecule has 44 heavy (non-hydrogen) atoms. The van der Waals surface area contributed by atoms with E-state index in [0.29, 0.717) is 28.7 Å². The van der Waals surface area contributed by atoms with Crippen molar-refractivity contribution < 1.29 is 9.59 Å². The van der Waals surface area contributed by atoms with E-state index in [1.807, 2.05) is 109 Å². The molecule has 0 atom stereocenters. The van der Waals surface area contributed by atoms with Gasteiger partial charge in [0.1, 0.15) is 0 Å². The third-order valence-electron chi connectivity index (χ3n) is 8.29. The van der Waals surface area contributed by atoms with Gasteiger partial charge in [-0.05, 0) is 70.7 Å². The molecule has 2 amide bonds. The van der Waals surface area contributed by atoms with Gasteiger partial charge in [0, 0.05) is 34.1 Å². The van der Waals surface area contributed by atoms with Gasteiger partial charge in [-0.25, -0.2) is 4.90 Å². The minimum Gasteiger partial charge on any atom is -0.380 e. The van der Waals surface area contributed by atoms with Gasteiger partial charge < -0.3 is 5.32 Å². The Hall–Kier alpha value is -5.74. The Labute approximate surface area is 256 Å². The molecule has 0 aliphatic carbocycles. The van der Waals surface area contributed by atoms with Gasteiger partial charge in [-0.1, -0.05) is 115 Å². The van der Waals surface area contributed by atoms with E-state index in [4.69, 9.17) is 0 Å². The van der Waals surface area contributed by atoms with Gasteiger partial charge in [0.25, 0.3) is 11.8 Å². The average molecular weight is 571 g/mol. The quantitative estimate of drug-likeness (QED) is 0.154. The zero-order valence-electron chi connectivity index (χ0n) is 24.3. The molecule has 0 radical (unpaired) electrons. The molecule has 7 rings (SSSR count). The molecule has 1 N–H and O–H groups in total. The van der Waals surface area contributed by atoms with Crippen molar-refractivity contribution in [3.63, 3.8) is 0 Å². The molecule has 0 bridgehead atoms. The lowest BCUT2D eigenvalue weighted by atomic mass is 9.90. The number of carbonyl (C=O) groups excluding carboxylic acids is 2. The molecule has 212 valence electrons. The summed E-state index contributed by atoms with van der Waals surface area (Å²) in [4.78, 5) is 29.1. The molecule has 0 saturated carbocycles. The Morgan fingerprint density at radius 1 is 0.568 bits per heavy atom. The first-order valence-electron chi connectivity index (χ1n) is 14.7. The number of rotatable bonds is 7. The van der Waals surface area contributed by atoms with E-state index in [1.165, 1.54) is 4.90 Å². The molecular formula is C40H30N2O2. The highest BCUT2D eigenvalue weighted by Gasteiger charge is 2.34. The molecule has 1 aliphatic heterocycles. The summed E-state index contributed by atoms with van der Waals surface area (Å²) in [5.74, 6) is -0.638. The number of anilines is 2. The van der Waals surface area contributed by atoms with Gasteiger partial charge in [0.05, 0.1) is 5.69 Å². The molecule has 0 fully saturated rings. The number of imide groups is 1. The summed E-state index contributed by atoms with van der Waals surface area (Å²) in [5, 5.41) is 5.05. The summed E-state index contributed by atoms with van der Waals surface area (Å²) < 4.78 is 0. The highest BCUT2D eigenvalue weighted by Crippen LogP contribution is 2.38. The number of nitrogens with one attached hydrogen (secondary N) is 1. The highest BCUT2D eigenvalue weighted by atomic mass is 16.2. The van der Waals surface area contributed by atoms with Gasteiger partial charge in [0.15, 0.2) is 0 Å². The molecular weight excluding hydrogens is 540 g/mol. The van der Waals surface area contributed by atoms with E-state index in [0.717, 1.165) is 44.5 Å². The Kier molecular flexibility index (Phi) is 7.09. The lowest BCUT2D eigenvalue weighted by Crippen LogP contribution is -2.40. The number of benzene rings is 6. The van der Waals surface area contributed by atoms with Crippen molar-refractivity contribution in [2.75, 3.05) is 10.2 Å². The van der Waals surface area contributed by atoms with E-state index < -0.39 is 0 Å². The van der Waals surface area contributed by atoms with Crippen LogP contribution in [0.25, 0.3) is 21.9 Å². The van der Waals surface area contributed by atoms with Crippen LogP contribution in [0, 0.1) is 0 Å². The molecule has 6 aromatic carbocycles. The predicted octanol–water partition coefficient (Wildman–Crippen LogP) is 9.23. The van der Waals surface area contributed by atoms with Crippen LogP contribution in [-0.2, 0) is 6.54 Å². The zero-order valence-corrected chi connectivity index (χ0v) is 24.3. The molecule has 0 unspecified atom stereocenters. The van der Waals surface area contributed by atoms with E-state index in [1.54, 1.807) is 0 Å². The maximum Gasteiger partial charge on any atom is 0.265 e. The molecule has 4 heteroatoms. The van der Waals surface area contributed by atoms with Crippen LogP contribution < -0.4 is 10.2 Å². The van der Waals surface area contributed by atoms with Crippen LogP contribution in [0.5, 0.6) is 0 Å².